The summed E-state index contributed by atoms with van der Waals surface area (Å²) in [6.45, 7) is 9.14. The predicted molar refractivity (Wildman–Crippen MR) is 47.2 cm³/mol. The van der Waals surface area contributed by atoms with E-state index in [4.69, 9.17) is 0 Å². The lowest BCUT2D eigenvalue weighted by atomic mass is 10.3. The lowest BCUT2D eigenvalue weighted by Gasteiger charge is -2.01. The first-order valence-electron chi connectivity index (χ1n) is 4.31. The summed E-state index contributed by atoms with van der Waals surface area (Å²) in [6, 6.07) is 0. The number of likely N-dealkylation sites (tertiary alicyclic amines) is 1. The van der Waals surface area contributed by atoms with Crippen molar-refractivity contribution in [1.82, 2.24) is 4.90 Å². The molecule has 0 unspecified atom stereocenters. The molecule has 1 saturated heterocycles. The van der Waals surface area contributed by atoms with Gasteiger partial charge in [-0.05, 0) is 38.9 Å². The van der Waals surface area contributed by atoms with E-state index in [1.165, 1.54) is 25.9 Å². The van der Waals surface area contributed by atoms with Gasteiger partial charge in [-0.15, -0.1) is 0 Å². The molecule has 1 rings (SSSR count). The van der Waals surface area contributed by atoms with Gasteiger partial charge in [-0.25, -0.2) is 0 Å². The van der Waals surface area contributed by atoms with Gasteiger partial charge in [0.2, 0.25) is 0 Å². The van der Waals surface area contributed by atoms with Gasteiger partial charge in [-0.1, -0.05) is 20.8 Å². The fourth-order valence-corrected chi connectivity index (χ4v) is 0.875. The zero-order chi connectivity index (χ0) is 7.98. The third-order valence-corrected chi connectivity index (χ3v) is 1.33. The third kappa shape index (κ3) is 7.96. The minimum Gasteiger partial charge on any atom is -0.306 e. The van der Waals surface area contributed by atoms with Gasteiger partial charge in [0.25, 0.3) is 0 Å². The molecule has 0 aromatic carbocycles. The lowest BCUT2D eigenvalue weighted by Crippen LogP contribution is -2.10. The van der Waals surface area contributed by atoms with Crippen molar-refractivity contribution >= 4 is 0 Å². The summed E-state index contributed by atoms with van der Waals surface area (Å²) < 4.78 is 0. The summed E-state index contributed by atoms with van der Waals surface area (Å²) in [5.74, 6) is 0.833. The molecule has 1 nitrogen and oxygen atoms in total. The van der Waals surface area contributed by atoms with Crippen LogP contribution >= 0.6 is 0 Å². The van der Waals surface area contributed by atoms with Crippen LogP contribution in [0.2, 0.25) is 0 Å². The maximum absolute atomic E-state index is 2.36. The maximum atomic E-state index is 2.36. The first-order valence-corrected chi connectivity index (χ1v) is 4.31. The second kappa shape index (κ2) is 5.72. The molecule has 0 bridgehead atoms. The summed E-state index contributed by atoms with van der Waals surface area (Å²) in [5, 5.41) is 0. The second-order valence-electron chi connectivity index (χ2n) is 3.74. The molecule has 0 amide bonds. The van der Waals surface area contributed by atoms with Crippen LogP contribution in [0.3, 0.4) is 0 Å². The Kier molecular flexibility index (Phi) is 5.70. The van der Waals surface area contributed by atoms with Crippen LogP contribution in [-0.4, -0.2) is 25.0 Å². The largest absolute Gasteiger partial charge is 0.306 e. The molecular weight excluding hydrogens is 122 g/mol. The first kappa shape index (κ1) is 9.96. The van der Waals surface area contributed by atoms with Gasteiger partial charge in [0.1, 0.15) is 0 Å². The molecule has 0 aliphatic carbocycles. The molecule has 10 heavy (non-hydrogen) atoms. The fourth-order valence-electron chi connectivity index (χ4n) is 0.875. The lowest BCUT2D eigenvalue weighted by molar-refractivity contribution is 0.418. The molecule has 1 aliphatic heterocycles. The van der Waals surface area contributed by atoms with Crippen LogP contribution in [0.15, 0.2) is 0 Å². The zero-order valence-electron chi connectivity index (χ0n) is 7.85. The van der Waals surface area contributed by atoms with Gasteiger partial charge in [0, 0.05) is 0 Å². The topological polar surface area (TPSA) is 3.24 Å². The Bertz CT molecular complexity index is 60.4. The molecule has 0 aromatic heterocycles. The van der Waals surface area contributed by atoms with Crippen LogP contribution in [0.25, 0.3) is 0 Å². The number of nitrogens with zero attached hydrogens (tertiary/aromatic N) is 1. The van der Waals surface area contributed by atoms with E-state index in [0.29, 0.717) is 0 Å². The van der Waals surface area contributed by atoms with Crippen molar-refractivity contribution < 1.29 is 0 Å². The molecule has 1 fully saturated rings. The Morgan fingerprint density at radius 2 is 1.30 bits per heavy atom. The van der Waals surface area contributed by atoms with Gasteiger partial charge in [-0.3, -0.25) is 0 Å². The zero-order valence-corrected chi connectivity index (χ0v) is 7.85. The van der Waals surface area contributed by atoms with E-state index in [1.54, 1.807) is 0 Å². The molecule has 62 valence electrons. The van der Waals surface area contributed by atoms with Crippen molar-refractivity contribution in [2.45, 2.75) is 33.6 Å². The summed E-state index contributed by atoms with van der Waals surface area (Å²) in [5.41, 5.74) is 0. The van der Waals surface area contributed by atoms with Crippen LogP contribution in [0, 0.1) is 5.92 Å². The van der Waals surface area contributed by atoms with Gasteiger partial charge < -0.3 is 4.90 Å². The van der Waals surface area contributed by atoms with E-state index in [2.05, 4.69) is 32.7 Å². The third-order valence-electron chi connectivity index (χ3n) is 1.33. The van der Waals surface area contributed by atoms with Gasteiger partial charge in [0.05, 0.1) is 0 Å². The van der Waals surface area contributed by atoms with Crippen LogP contribution in [0.4, 0.5) is 0 Å². The highest BCUT2D eigenvalue weighted by molar-refractivity contribution is 4.59. The smallest absolute Gasteiger partial charge is 0.00213 e. The molecule has 0 saturated carbocycles. The predicted octanol–water partition coefficient (Wildman–Crippen LogP) is 2.37. The minimum atomic E-state index is 0.833. The maximum Gasteiger partial charge on any atom is -0.00213 e. The van der Waals surface area contributed by atoms with Gasteiger partial charge in [-0.2, -0.15) is 0 Å². The molecular formula is C9H21N. The highest BCUT2D eigenvalue weighted by Crippen LogP contribution is 2.02. The highest BCUT2D eigenvalue weighted by atomic mass is 15.1. The Labute approximate surface area is 65.4 Å². The average molecular weight is 143 g/mol. The highest BCUT2D eigenvalue weighted by Gasteiger charge is 2.03. The van der Waals surface area contributed by atoms with E-state index in [0.717, 1.165) is 5.92 Å². The summed E-state index contributed by atoms with van der Waals surface area (Å²) >= 11 is 0. The van der Waals surface area contributed by atoms with E-state index in [9.17, 15) is 0 Å². The monoisotopic (exact) mass is 143 g/mol. The van der Waals surface area contributed by atoms with Crippen molar-refractivity contribution in [3.63, 3.8) is 0 Å². The summed E-state index contributed by atoms with van der Waals surface area (Å²) in [4.78, 5) is 2.36. The van der Waals surface area contributed by atoms with Crippen molar-refractivity contribution in [3.8, 4) is 0 Å². The molecule has 0 spiro atoms. The molecule has 0 atom stereocenters. The van der Waals surface area contributed by atoms with Crippen LogP contribution in [0.5, 0.6) is 0 Å². The minimum absolute atomic E-state index is 0.833. The van der Waals surface area contributed by atoms with E-state index < -0.39 is 0 Å². The average Bonchev–Trinajstić information content (AvgIpc) is 2.15. The second-order valence-corrected chi connectivity index (χ2v) is 3.74. The Hall–Kier alpha value is -0.0400. The molecule has 0 aromatic rings. The van der Waals surface area contributed by atoms with Gasteiger partial charge >= 0.3 is 0 Å². The Morgan fingerprint density at radius 3 is 1.40 bits per heavy atom. The quantitative estimate of drug-likeness (QED) is 0.503. The molecule has 1 aliphatic rings. The van der Waals surface area contributed by atoms with Crippen LogP contribution < -0.4 is 0 Å². The van der Waals surface area contributed by atoms with Crippen molar-refractivity contribution in [2.75, 3.05) is 20.1 Å². The van der Waals surface area contributed by atoms with Gasteiger partial charge in [0.15, 0.2) is 0 Å². The van der Waals surface area contributed by atoms with Crippen molar-refractivity contribution in [1.29, 1.82) is 0 Å². The standard InChI is InChI=1S/C5H11N.C4H10/c1-6-4-2-3-5-6;1-4(2)3/h2-5H2,1H3;4H,1-3H3. The van der Waals surface area contributed by atoms with E-state index in [1.807, 2.05) is 0 Å². The molecule has 1 heteroatoms. The molecule has 0 N–H and O–H groups in total. The summed E-state index contributed by atoms with van der Waals surface area (Å²) in [7, 11) is 2.17. The number of hydrogen-bond acceptors (Lipinski definition) is 1. The van der Waals surface area contributed by atoms with Crippen molar-refractivity contribution in [3.05, 3.63) is 0 Å². The van der Waals surface area contributed by atoms with E-state index in [-0.39, 0.29) is 0 Å². The molecule has 1 heterocycles. The Morgan fingerprint density at radius 1 is 1.00 bits per heavy atom. The Balaban J connectivity index is 0.000000180. The first-order chi connectivity index (χ1) is 4.63. The van der Waals surface area contributed by atoms with Crippen molar-refractivity contribution in [2.24, 2.45) is 5.92 Å². The summed E-state index contributed by atoms with van der Waals surface area (Å²) in [6.07, 6.45) is 2.83. The number of rotatable bonds is 0. The fraction of sp³-hybridized carbons (Fsp3) is 1.00. The number of hydrogen-bond donors (Lipinski definition) is 0. The molecule has 0 radical (unpaired) electrons. The van der Waals surface area contributed by atoms with Crippen LogP contribution in [0.1, 0.15) is 33.6 Å². The SMILES string of the molecule is CC(C)C.CN1CCCC1. The van der Waals surface area contributed by atoms with Crippen LogP contribution in [-0.2, 0) is 0 Å². The normalized spacial score (nSPS) is 18.9. The van der Waals surface area contributed by atoms with E-state index >= 15 is 0 Å².